The molecule has 3 rings (SSSR count). The fraction of sp³-hybridized carbons (Fsp3) is 0.222. The predicted octanol–water partition coefficient (Wildman–Crippen LogP) is 3.13. The Balaban J connectivity index is 1.91. The maximum atomic E-state index is 10.6. The van der Waals surface area contributed by atoms with Crippen molar-refractivity contribution in [1.82, 2.24) is 10.2 Å². The molecule has 6 nitrogen and oxygen atoms in total. The Morgan fingerprint density at radius 2 is 2.08 bits per heavy atom. The van der Waals surface area contributed by atoms with E-state index in [2.05, 4.69) is 5.32 Å². The molecule has 1 aliphatic heterocycles. The van der Waals surface area contributed by atoms with Gasteiger partial charge in [0, 0.05) is 25.2 Å². The first-order chi connectivity index (χ1) is 12.0. The van der Waals surface area contributed by atoms with Crippen molar-refractivity contribution < 1.29 is 14.6 Å². The second-order valence-electron chi connectivity index (χ2n) is 5.64. The average Bonchev–Trinajstić information content (AvgIpc) is 2.75. The highest BCUT2D eigenvalue weighted by Gasteiger charge is 2.21. The third-order valence-corrected chi connectivity index (χ3v) is 3.99. The van der Waals surface area contributed by atoms with Crippen molar-refractivity contribution >= 4 is 29.1 Å². The topological polar surface area (TPSA) is 74.2 Å². The summed E-state index contributed by atoms with van der Waals surface area (Å²) in [4.78, 5) is 17.3. The smallest absolute Gasteiger partial charge is 0.317 e. The molecule has 0 spiro atoms. The lowest BCUT2D eigenvalue weighted by Gasteiger charge is -2.22. The molecule has 25 heavy (non-hydrogen) atoms. The number of benzene rings is 2. The maximum Gasteiger partial charge on any atom is 0.317 e. The highest BCUT2D eigenvalue weighted by Crippen LogP contribution is 2.38. The van der Waals surface area contributed by atoms with Crippen LogP contribution in [0.1, 0.15) is 5.56 Å². The molecule has 1 heterocycles. The monoisotopic (exact) mass is 359 g/mol. The van der Waals surface area contributed by atoms with Gasteiger partial charge in [0.05, 0.1) is 12.1 Å². The lowest BCUT2D eigenvalue weighted by molar-refractivity contribution is -0.135. The number of aliphatic carboxylic acids is 1. The Hall–Kier alpha value is -2.57. The molecule has 0 aliphatic carbocycles. The van der Waals surface area contributed by atoms with Crippen molar-refractivity contribution in [2.75, 3.05) is 26.7 Å². The zero-order valence-corrected chi connectivity index (χ0v) is 14.5. The first-order valence-electron chi connectivity index (χ1n) is 7.84. The van der Waals surface area contributed by atoms with Crippen molar-refractivity contribution in [2.45, 2.75) is 0 Å². The zero-order valence-electron chi connectivity index (χ0n) is 13.7. The summed E-state index contributed by atoms with van der Waals surface area (Å²) >= 11 is 6.17. The van der Waals surface area contributed by atoms with Gasteiger partial charge in [-0.15, -0.1) is 0 Å². The highest BCUT2D eigenvalue weighted by atomic mass is 35.5. The molecule has 0 aromatic heterocycles. The maximum absolute atomic E-state index is 10.6. The Bertz CT molecular complexity index is 823. The van der Waals surface area contributed by atoms with Crippen molar-refractivity contribution in [3.05, 3.63) is 53.1 Å². The lowest BCUT2D eigenvalue weighted by Crippen LogP contribution is -2.36. The van der Waals surface area contributed by atoms with E-state index in [4.69, 9.17) is 26.4 Å². The Morgan fingerprint density at radius 3 is 2.88 bits per heavy atom. The number of hydrogen-bond donors (Lipinski definition) is 2. The van der Waals surface area contributed by atoms with E-state index in [9.17, 15) is 4.79 Å². The minimum Gasteiger partial charge on any atom is -0.480 e. The summed E-state index contributed by atoms with van der Waals surface area (Å²) in [5.41, 5.74) is 1.53. The second-order valence-corrected chi connectivity index (χ2v) is 6.07. The number of hydrogen-bond acceptors (Lipinski definition) is 5. The molecule has 2 N–H and O–H groups in total. The van der Waals surface area contributed by atoms with Crippen LogP contribution in [0.2, 0.25) is 5.02 Å². The number of nitrogens with zero attached hydrogens (tertiary/aromatic N) is 2. The fourth-order valence-electron chi connectivity index (χ4n) is 2.53. The van der Waals surface area contributed by atoms with Gasteiger partial charge in [-0.1, -0.05) is 23.7 Å². The predicted molar refractivity (Wildman–Crippen MR) is 97.3 cm³/mol. The van der Waals surface area contributed by atoms with E-state index in [0.717, 1.165) is 17.1 Å². The molecule has 1 aliphatic rings. The SMILES string of the molecule is CN(CCNCC(=O)O)C1=Nc2ccccc2Oc2ccc(Cl)cc21. The van der Waals surface area contributed by atoms with Crippen LogP contribution in [0.5, 0.6) is 11.5 Å². The minimum atomic E-state index is -0.881. The summed E-state index contributed by atoms with van der Waals surface area (Å²) in [6.07, 6.45) is 0. The number of rotatable bonds is 5. The summed E-state index contributed by atoms with van der Waals surface area (Å²) in [6, 6.07) is 13.0. The van der Waals surface area contributed by atoms with Crippen LogP contribution in [0.15, 0.2) is 47.5 Å². The summed E-state index contributed by atoms with van der Waals surface area (Å²) in [5, 5.41) is 12.2. The van der Waals surface area contributed by atoms with E-state index >= 15 is 0 Å². The van der Waals surface area contributed by atoms with Crippen LogP contribution in [0, 0.1) is 0 Å². The molecule has 0 saturated heterocycles. The standard InChI is InChI=1S/C18H18ClN3O3/c1-22(9-8-20-11-17(23)24)18-13-10-12(19)6-7-15(13)25-16-5-3-2-4-14(16)21-18/h2-7,10,20H,8-9,11H2,1H3,(H,23,24). The number of ether oxygens (including phenoxy) is 1. The molecule has 0 amide bonds. The van der Waals surface area contributed by atoms with Crippen LogP contribution in [-0.2, 0) is 4.79 Å². The Kier molecular flexibility index (Phi) is 5.21. The zero-order chi connectivity index (χ0) is 17.8. The number of carboxylic acid groups (broad SMARTS) is 1. The van der Waals surface area contributed by atoms with E-state index in [1.807, 2.05) is 48.3 Å². The fourth-order valence-corrected chi connectivity index (χ4v) is 2.71. The number of carbonyl (C=O) groups is 1. The summed E-state index contributed by atoms with van der Waals surface area (Å²) in [5.74, 6) is 1.20. The molecule has 0 radical (unpaired) electrons. The number of likely N-dealkylation sites (N-methyl/N-ethyl adjacent to an activating group) is 1. The number of nitrogens with one attached hydrogen (secondary N) is 1. The van der Waals surface area contributed by atoms with E-state index in [1.165, 1.54) is 0 Å². The Morgan fingerprint density at radius 1 is 1.28 bits per heavy atom. The van der Waals surface area contributed by atoms with Crippen molar-refractivity contribution in [3.8, 4) is 11.5 Å². The number of carboxylic acids is 1. The summed E-state index contributed by atoms with van der Waals surface area (Å²) in [7, 11) is 1.90. The van der Waals surface area contributed by atoms with Crippen molar-refractivity contribution in [3.63, 3.8) is 0 Å². The molecule has 130 valence electrons. The van der Waals surface area contributed by atoms with Gasteiger partial charge < -0.3 is 20.1 Å². The van der Waals surface area contributed by atoms with Crippen molar-refractivity contribution in [2.24, 2.45) is 4.99 Å². The van der Waals surface area contributed by atoms with Gasteiger partial charge in [0.2, 0.25) is 0 Å². The molecule has 0 unspecified atom stereocenters. The largest absolute Gasteiger partial charge is 0.480 e. The quantitative estimate of drug-likeness (QED) is 0.802. The van der Waals surface area contributed by atoms with E-state index in [1.54, 1.807) is 6.07 Å². The number of fused-ring (bicyclic) bond motifs is 2. The second kappa shape index (κ2) is 7.55. The third-order valence-electron chi connectivity index (χ3n) is 3.76. The van der Waals surface area contributed by atoms with Crippen LogP contribution in [0.3, 0.4) is 0 Å². The molecule has 2 aromatic carbocycles. The van der Waals surface area contributed by atoms with E-state index in [-0.39, 0.29) is 6.54 Å². The molecule has 0 saturated carbocycles. The van der Waals surface area contributed by atoms with Gasteiger partial charge in [-0.05, 0) is 30.3 Å². The van der Waals surface area contributed by atoms with Gasteiger partial charge in [0.1, 0.15) is 17.3 Å². The van der Waals surface area contributed by atoms with E-state index in [0.29, 0.717) is 29.6 Å². The first-order valence-corrected chi connectivity index (χ1v) is 8.21. The van der Waals surface area contributed by atoms with Crippen LogP contribution in [0.25, 0.3) is 0 Å². The van der Waals surface area contributed by atoms with Gasteiger partial charge in [0.15, 0.2) is 5.75 Å². The number of aliphatic imine (C=N–C) groups is 1. The molecule has 2 aromatic rings. The molecule has 0 atom stereocenters. The highest BCUT2D eigenvalue weighted by molar-refractivity contribution is 6.31. The summed E-state index contributed by atoms with van der Waals surface area (Å²) in [6.45, 7) is 1.02. The van der Waals surface area contributed by atoms with E-state index < -0.39 is 5.97 Å². The van der Waals surface area contributed by atoms with Gasteiger partial charge in [-0.3, -0.25) is 4.79 Å². The van der Waals surface area contributed by atoms with Crippen molar-refractivity contribution in [1.29, 1.82) is 0 Å². The first kappa shape index (κ1) is 17.3. The van der Waals surface area contributed by atoms with Gasteiger partial charge >= 0.3 is 5.97 Å². The van der Waals surface area contributed by atoms with Crippen LogP contribution in [0.4, 0.5) is 5.69 Å². The molecule has 0 bridgehead atoms. The number of amidine groups is 1. The minimum absolute atomic E-state index is 0.0747. The molecular weight excluding hydrogens is 342 g/mol. The number of para-hydroxylation sites is 2. The van der Waals surface area contributed by atoms with Gasteiger partial charge in [-0.2, -0.15) is 0 Å². The molecule has 0 fully saturated rings. The van der Waals surface area contributed by atoms with Crippen LogP contribution >= 0.6 is 11.6 Å². The van der Waals surface area contributed by atoms with Crippen LogP contribution < -0.4 is 10.1 Å². The van der Waals surface area contributed by atoms with Crippen LogP contribution in [-0.4, -0.2) is 48.5 Å². The van der Waals surface area contributed by atoms with Gasteiger partial charge in [0.25, 0.3) is 0 Å². The summed E-state index contributed by atoms with van der Waals surface area (Å²) < 4.78 is 6.00. The molecule has 7 heteroatoms. The Labute approximate surface area is 150 Å². The normalized spacial score (nSPS) is 12.3. The lowest BCUT2D eigenvalue weighted by atomic mass is 10.1. The average molecular weight is 360 g/mol. The molecular formula is C18H18ClN3O3. The van der Waals surface area contributed by atoms with Gasteiger partial charge in [-0.25, -0.2) is 4.99 Å². The number of halogens is 1. The third kappa shape index (κ3) is 4.10.